The van der Waals surface area contributed by atoms with Crippen LogP contribution in [0.4, 0.5) is 10.2 Å². The molecule has 0 atom stereocenters. The first kappa shape index (κ1) is 10.1. The summed E-state index contributed by atoms with van der Waals surface area (Å²) in [5, 5.41) is 3.66. The number of rotatable bonds is 1. The van der Waals surface area contributed by atoms with Crippen LogP contribution in [0.2, 0.25) is 5.28 Å². The Morgan fingerprint density at radius 1 is 1.33 bits per heavy atom. The van der Waals surface area contributed by atoms with Crippen molar-refractivity contribution in [3.63, 3.8) is 0 Å². The molecule has 0 aliphatic carbocycles. The van der Waals surface area contributed by atoms with Crippen molar-refractivity contribution in [1.29, 1.82) is 0 Å². The van der Waals surface area contributed by atoms with Crippen LogP contribution in [0.3, 0.4) is 0 Å². The van der Waals surface area contributed by atoms with Crippen LogP contribution in [-0.2, 0) is 0 Å². The zero-order valence-electron chi connectivity index (χ0n) is 8.31. The summed E-state index contributed by atoms with van der Waals surface area (Å²) in [6.07, 6.45) is 0. The average molecular weight is 226 g/mol. The number of anilines is 1. The fraction of sp³-hybridized carbons (Fsp3) is 0.200. The largest absolute Gasteiger partial charge is 0.372 e. The van der Waals surface area contributed by atoms with Crippen LogP contribution >= 0.6 is 11.6 Å². The van der Waals surface area contributed by atoms with Crippen molar-refractivity contribution in [3.8, 4) is 0 Å². The molecule has 3 nitrogen and oxygen atoms in total. The van der Waals surface area contributed by atoms with Gasteiger partial charge in [0.1, 0.15) is 11.6 Å². The molecule has 0 saturated heterocycles. The number of aromatic nitrogens is 2. The molecule has 0 spiro atoms. The van der Waals surface area contributed by atoms with Crippen molar-refractivity contribution in [2.45, 2.75) is 6.92 Å². The van der Waals surface area contributed by atoms with E-state index in [1.165, 1.54) is 12.1 Å². The van der Waals surface area contributed by atoms with Crippen molar-refractivity contribution >= 4 is 28.3 Å². The van der Waals surface area contributed by atoms with E-state index in [0.717, 1.165) is 5.56 Å². The maximum absolute atomic E-state index is 13.2. The number of nitrogens with zero attached hydrogens (tertiary/aromatic N) is 2. The van der Waals surface area contributed by atoms with Crippen LogP contribution in [0, 0.1) is 12.7 Å². The van der Waals surface area contributed by atoms with Crippen molar-refractivity contribution in [1.82, 2.24) is 9.97 Å². The summed E-state index contributed by atoms with van der Waals surface area (Å²) in [7, 11) is 1.71. The molecular formula is C10H9ClFN3. The molecule has 2 rings (SSSR count). The molecule has 0 aliphatic rings. The predicted molar refractivity (Wildman–Crippen MR) is 58.8 cm³/mol. The molecule has 78 valence electrons. The Balaban J connectivity index is 2.89. The summed E-state index contributed by atoms with van der Waals surface area (Å²) in [6, 6.07) is 2.82. The van der Waals surface area contributed by atoms with E-state index >= 15 is 0 Å². The minimum atomic E-state index is -0.303. The number of nitrogens with one attached hydrogen (secondary N) is 1. The number of benzene rings is 1. The van der Waals surface area contributed by atoms with Gasteiger partial charge in [0.15, 0.2) is 0 Å². The van der Waals surface area contributed by atoms with Crippen LogP contribution in [0.15, 0.2) is 12.1 Å². The van der Waals surface area contributed by atoms with E-state index in [1.807, 2.05) is 0 Å². The number of aryl methyl sites for hydroxylation is 1. The fourth-order valence-corrected chi connectivity index (χ4v) is 1.69. The Hall–Kier alpha value is -1.42. The van der Waals surface area contributed by atoms with Gasteiger partial charge >= 0.3 is 0 Å². The minimum absolute atomic E-state index is 0.154. The second-order valence-corrected chi connectivity index (χ2v) is 3.55. The molecular weight excluding hydrogens is 217 g/mol. The Bertz CT molecular complexity index is 528. The molecule has 0 fully saturated rings. The normalized spacial score (nSPS) is 10.7. The average Bonchev–Trinajstić information content (AvgIpc) is 2.18. The number of halogens is 2. The third kappa shape index (κ3) is 1.72. The number of hydrogen-bond donors (Lipinski definition) is 1. The van der Waals surface area contributed by atoms with E-state index < -0.39 is 0 Å². The van der Waals surface area contributed by atoms with Gasteiger partial charge in [0.25, 0.3) is 0 Å². The highest BCUT2D eigenvalue weighted by Gasteiger charge is 2.09. The first-order valence-corrected chi connectivity index (χ1v) is 4.81. The smallest absolute Gasteiger partial charge is 0.224 e. The van der Waals surface area contributed by atoms with Crippen LogP contribution < -0.4 is 5.32 Å². The second kappa shape index (κ2) is 3.62. The first-order valence-electron chi connectivity index (χ1n) is 4.43. The standard InChI is InChI=1S/C10H9ClFN3/c1-5-3-6(12)4-7-8(5)14-10(11)15-9(7)13-2/h3-4H,1-2H3,(H,13,14,15). The van der Waals surface area contributed by atoms with E-state index in [2.05, 4.69) is 15.3 Å². The zero-order chi connectivity index (χ0) is 11.0. The van der Waals surface area contributed by atoms with Gasteiger partial charge in [0.2, 0.25) is 5.28 Å². The molecule has 2 aromatic rings. The monoisotopic (exact) mass is 225 g/mol. The Kier molecular flexibility index (Phi) is 2.44. The van der Waals surface area contributed by atoms with E-state index in [4.69, 9.17) is 11.6 Å². The minimum Gasteiger partial charge on any atom is -0.372 e. The number of hydrogen-bond acceptors (Lipinski definition) is 3. The zero-order valence-corrected chi connectivity index (χ0v) is 9.06. The Morgan fingerprint density at radius 3 is 2.73 bits per heavy atom. The first-order chi connectivity index (χ1) is 7.11. The lowest BCUT2D eigenvalue weighted by Crippen LogP contribution is -1.98. The summed E-state index contributed by atoms with van der Waals surface area (Å²) in [5.41, 5.74) is 1.41. The fourth-order valence-electron chi connectivity index (χ4n) is 1.52. The Labute approximate surface area is 91.3 Å². The second-order valence-electron chi connectivity index (χ2n) is 3.21. The SMILES string of the molecule is CNc1nc(Cl)nc2c(C)cc(F)cc12. The quantitative estimate of drug-likeness (QED) is 0.759. The van der Waals surface area contributed by atoms with Crippen molar-refractivity contribution in [3.05, 3.63) is 28.8 Å². The van der Waals surface area contributed by atoms with Gasteiger partial charge in [-0.15, -0.1) is 0 Å². The third-order valence-corrected chi connectivity index (χ3v) is 2.33. The van der Waals surface area contributed by atoms with E-state index in [1.54, 1.807) is 14.0 Å². The van der Waals surface area contributed by atoms with Crippen molar-refractivity contribution in [2.75, 3.05) is 12.4 Å². The van der Waals surface area contributed by atoms with Gasteiger partial charge in [-0.3, -0.25) is 0 Å². The maximum atomic E-state index is 13.2. The molecule has 5 heteroatoms. The van der Waals surface area contributed by atoms with E-state index in [-0.39, 0.29) is 11.1 Å². The van der Waals surface area contributed by atoms with Gasteiger partial charge in [-0.25, -0.2) is 14.4 Å². The van der Waals surface area contributed by atoms with Crippen LogP contribution in [0.5, 0.6) is 0 Å². The number of fused-ring (bicyclic) bond motifs is 1. The van der Waals surface area contributed by atoms with Gasteiger partial charge < -0.3 is 5.32 Å². The molecule has 0 saturated carbocycles. The highest BCUT2D eigenvalue weighted by molar-refractivity contribution is 6.28. The molecule has 0 aliphatic heterocycles. The van der Waals surface area contributed by atoms with Gasteiger partial charge in [-0.05, 0) is 36.2 Å². The molecule has 1 N–H and O–H groups in total. The molecule has 1 aromatic carbocycles. The van der Waals surface area contributed by atoms with E-state index in [0.29, 0.717) is 16.7 Å². The molecule has 0 radical (unpaired) electrons. The van der Waals surface area contributed by atoms with Gasteiger partial charge in [-0.2, -0.15) is 0 Å². The summed E-state index contributed by atoms with van der Waals surface area (Å²) in [5.74, 6) is 0.232. The lowest BCUT2D eigenvalue weighted by molar-refractivity contribution is 0.628. The lowest BCUT2D eigenvalue weighted by atomic mass is 10.1. The molecule has 0 bridgehead atoms. The van der Waals surface area contributed by atoms with Crippen LogP contribution in [0.25, 0.3) is 10.9 Å². The summed E-state index contributed by atoms with van der Waals surface area (Å²) in [6.45, 7) is 1.79. The highest BCUT2D eigenvalue weighted by atomic mass is 35.5. The topological polar surface area (TPSA) is 37.8 Å². The van der Waals surface area contributed by atoms with E-state index in [9.17, 15) is 4.39 Å². The highest BCUT2D eigenvalue weighted by Crippen LogP contribution is 2.25. The summed E-state index contributed by atoms with van der Waals surface area (Å²) in [4.78, 5) is 8.05. The van der Waals surface area contributed by atoms with Gasteiger partial charge in [0, 0.05) is 12.4 Å². The van der Waals surface area contributed by atoms with Crippen molar-refractivity contribution in [2.24, 2.45) is 0 Å². The van der Waals surface area contributed by atoms with Crippen LogP contribution in [-0.4, -0.2) is 17.0 Å². The third-order valence-electron chi connectivity index (χ3n) is 2.17. The summed E-state index contributed by atoms with van der Waals surface area (Å²) < 4.78 is 13.2. The Morgan fingerprint density at radius 2 is 2.07 bits per heavy atom. The predicted octanol–water partition coefficient (Wildman–Crippen LogP) is 2.77. The molecule has 15 heavy (non-hydrogen) atoms. The molecule has 0 amide bonds. The lowest BCUT2D eigenvalue weighted by Gasteiger charge is -2.07. The molecule has 0 unspecified atom stereocenters. The van der Waals surface area contributed by atoms with Gasteiger partial charge in [-0.1, -0.05) is 0 Å². The molecule has 1 heterocycles. The maximum Gasteiger partial charge on any atom is 0.224 e. The van der Waals surface area contributed by atoms with Gasteiger partial charge in [0.05, 0.1) is 5.52 Å². The van der Waals surface area contributed by atoms with Crippen LogP contribution in [0.1, 0.15) is 5.56 Å². The van der Waals surface area contributed by atoms with Crippen molar-refractivity contribution < 1.29 is 4.39 Å². The summed E-state index contributed by atoms with van der Waals surface area (Å²) >= 11 is 5.76. The molecule has 1 aromatic heterocycles.